The molecule has 2 heterocycles. The molecule has 3 rings (SSSR count). The standard InChI is InChI=1S/C15H12ClFN4O3/c1-3-23-15(22)12-11-13(18-7(2)19-14(11)24-21-12)20-8-4-5-10(17)9(16)6-8/h4-6H,3H2,1-2H3,(H,18,19,20). The molecular formula is C15H12ClFN4O3. The first kappa shape index (κ1) is 16.1. The predicted octanol–water partition coefficient (Wildman–Crippen LogP) is 3.64. The van der Waals surface area contributed by atoms with Crippen LogP contribution < -0.4 is 5.32 Å². The third kappa shape index (κ3) is 3.00. The summed E-state index contributed by atoms with van der Waals surface area (Å²) in [5.74, 6) is -0.499. The van der Waals surface area contributed by atoms with Gasteiger partial charge in [0.1, 0.15) is 22.8 Å². The Kier molecular flexibility index (Phi) is 4.30. The van der Waals surface area contributed by atoms with Crippen LogP contribution >= 0.6 is 11.6 Å². The minimum Gasteiger partial charge on any atom is -0.461 e. The smallest absolute Gasteiger partial charge is 0.361 e. The van der Waals surface area contributed by atoms with Crippen molar-refractivity contribution >= 4 is 40.2 Å². The summed E-state index contributed by atoms with van der Waals surface area (Å²) in [5.41, 5.74) is 0.584. The van der Waals surface area contributed by atoms with Crippen molar-refractivity contribution in [3.8, 4) is 0 Å². The molecule has 0 aliphatic carbocycles. The van der Waals surface area contributed by atoms with E-state index in [0.717, 1.165) is 0 Å². The van der Waals surface area contributed by atoms with Crippen LogP contribution in [0, 0.1) is 12.7 Å². The first-order chi connectivity index (χ1) is 11.5. The van der Waals surface area contributed by atoms with E-state index >= 15 is 0 Å². The van der Waals surface area contributed by atoms with Gasteiger partial charge < -0.3 is 14.6 Å². The highest BCUT2D eigenvalue weighted by molar-refractivity contribution is 6.31. The highest BCUT2D eigenvalue weighted by Gasteiger charge is 2.23. The summed E-state index contributed by atoms with van der Waals surface area (Å²) < 4.78 is 23.3. The molecule has 0 saturated carbocycles. The van der Waals surface area contributed by atoms with Gasteiger partial charge in [0.2, 0.25) is 5.69 Å². The maximum absolute atomic E-state index is 13.3. The van der Waals surface area contributed by atoms with Crippen LogP contribution in [-0.2, 0) is 4.74 Å². The van der Waals surface area contributed by atoms with Gasteiger partial charge in [-0.05, 0) is 32.0 Å². The van der Waals surface area contributed by atoms with Gasteiger partial charge in [0.15, 0.2) is 0 Å². The number of nitrogens with one attached hydrogen (secondary N) is 1. The molecule has 3 aromatic rings. The zero-order chi connectivity index (χ0) is 17.3. The molecule has 0 spiro atoms. The fourth-order valence-electron chi connectivity index (χ4n) is 2.10. The van der Waals surface area contributed by atoms with Gasteiger partial charge in [0.25, 0.3) is 5.71 Å². The minimum atomic E-state index is -0.649. The summed E-state index contributed by atoms with van der Waals surface area (Å²) >= 11 is 5.78. The first-order valence-corrected chi connectivity index (χ1v) is 7.40. The Balaban J connectivity index is 2.09. The van der Waals surface area contributed by atoms with Crippen LogP contribution in [0.5, 0.6) is 0 Å². The first-order valence-electron chi connectivity index (χ1n) is 7.02. The van der Waals surface area contributed by atoms with Crippen LogP contribution in [0.25, 0.3) is 11.1 Å². The number of ether oxygens (including phenoxy) is 1. The molecule has 2 aromatic heterocycles. The summed E-state index contributed by atoms with van der Waals surface area (Å²) in [6.07, 6.45) is 0. The summed E-state index contributed by atoms with van der Waals surface area (Å²) in [6.45, 7) is 3.53. The number of nitrogens with zero attached hydrogens (tertiary/aromatic N) is 3. The van der Waals surface area contributed by atoms with Crippen molar-refractivity contribution in [2.24, 2.45) is 0 Å². The van der Waals surface area contributed by atoms with E-state index in [1.54, 1.807) is 13.8 Å². The number of carbonyl (C=O) groups excluding carboxylic acids is 1. The van der Waals surface area contributed by atoms with E-state index in [1.807, 2.05) is 0 Å². The Morgan fingerprint density at radius 2 is 2.21 bits per heavy atom. The van der Waals surface area contributed by atoms with Gasteiger partial charge in [-0.15, -0.1) is 0 Å². The van der Waals surface area contributed by atoms with Gasteiger partial charge in [-0.25, -0.2) is 14.2 Å². The van der Waals surface area contributed by atoms with Crippen molar-refractivity contribution in [3.63, 3.8) is 0 Å². The highest BCUT2D eigenvalue weighted by atomic mass is 35.5. The Bertz CT molecular complexity index is 928. The lowest BCUT2D eigenvalue weighted by Crippen LogP contribution is -2.07. The number of aromatic nitrogens is 3. The van der Waals surface area contributed by atoms with E-state index in [2.05, 4.69) is 20.4 Å². The topological polar surface area (TPSA) is 90.1 Å². The number of hydrogen-bond donors (Lipinski definition) is 1. The maximum atomic E-state index is 13.3. The van der Waals surface area contributed by atoms with Crippen molar-refractivity contribution < 1.29 is 18.4 Å². The number of halogens is 2. The van der Waals surface area contributed by atoms with Crippen LogP contribution in [0.3, 0.4) is 0 Å². The molecule has 124 valence electrons. The van der Waals surface area contributed by atoms with Gasteiger partial charge in [-0.3, -0.25) is 0 Å². The number of carbonyl (C=O) groups is 1. The largest absolute Gasteiger partial charge is 0.461 e. The van der Waals surface area contributed by atoms with Crippen molar-refractivity contribution in [3.05, 3.63) is 40.6 Å². The SMILES string of the molecule is CCOC(=O)c1noc2nc(C)nc(Nc3ccc(F)c(Cl)c3)c12. The number of benzene rings is 1. The molecule has 1 aromatic carbocycles. The summed E-state index contributed by atoms with van der Waals surface area (Å²) in [4.78, 5) is 20.4. The number of aryl methyl sites for hydroxylation is 1. The molecule has 9 heteroatoms. The lowest BCUT2D eigenvalue weighted by Gasteiger charge is -2.08. The summed E-state index contributed by atoms with van der Waals surface area (Å²) in [5, 5.41) is 6.91. The summed E-state index contributed by atoms with van der Waals surface area (Å²) in [7, 11) is 0. The Hall–Kier alpha value is -2.74. The number of anilines is 2. The van der Waals surface area contributed by atoms with Gasteiger partial charge in [-0.1, -0.05) is 16.8 Å². The fourth-order valence-corrected chi connectivity index (χ4v) is 2.28. The van der Waals surface area contributed by atoms with Crippen molar-refractivity contribution in [2.45, 2.75) is 13.8 Å². The van der Waals surface area contributed by atoms with Crippen LogP contribution in [-0.4, -0.2) is 27.7 Å². The van der Waals surface area contributed by atoms with Gasteiger partial charge in [-0.2, -0.15) is 4.98 Å². The molecule has 0 fully saturated rings. The molecule has 24 heavy (non-hydrogen) atoms. The van der Waals surface area contributed by atoms with Crippen molar-refractivity contribution in [2.75, 3.05) is 11.9 Å². The molecule has 0 unspecified atom stereocenters. The quantitative estimate of drug-likeness (QED) is 0.718. The number of hydrogen-bond acceptors (Lipinski definition) is 7. The lowest BCUT2D eigenvalue weighted by molar-refractivity contribution is 0.0517. The molecule has 7 nitrogen and oxygen atoms in total. The van der Waals surface area contributed by atoms with E-state index in [1.165, 1.54) is 18.2 Å². The third-order valence-electron chi connectivity index (χ3n) is 3.10. The molecule has 0 radical (unpaired) electrons. The van der Waals surface area contributed by atoms with Crippen molar-refractivity contribution in [1.29, 1.82) is 0 Å². The van der Waals surface area contributed by atoms with Gasteiger partial charge >= 0.3 is 5.97 Å². The molecule has 0 amide bonds. The number of fused-ring (bicyclic) bond motifs is 1. The van der Waals surface area contributed by atoms with E-state index in [0.29, 0.717) is 11.5 Å². The second-order valence-electron chi connectivity index (χ2n) is 4.81. The van der Waals surface area contributed by atoms with E-state index in [4.69, 9.17) is 20.9 Å². The van der Waals surface area contributed by atoms with E-state index in [-0.39, 0.29) is 34.2 Å². The van der Waals surface area contributed by atoms with Crippen molar-refractivity contribution in [1.82, 2.24) is 15.1 Å². The molecule has 1 N–H and O–H groups in total. The zero-order valence-electron chi connectivity index (χ0n) is 12.8. The number of rotatable bonds is 4. The number of esters is 1. The van der Waals surface area contributed by atoms with Crippen LogP contribution in [0.4, 0.5) is 15.9 Å². The molecule has 0 saturated heterocycles. The average Bonchev–Trinajstić information content (AvgIpc) is 2.95. The third-order valence-corrected chi connectivity index (χ3v) is 3.39. The van der Waals surface area contributed by atoms with Crippen LogP contribution in [0.2, 0.25) is 5.02 Å². The Labute approximate surface area is 140 Å². The Morgan fingerprint density at radius 3 is 2.92 bits per heavy atom. The molecule has 0 bridgehead atoms. The van der Waals surface area contributed by atoms with Crippen LogP contribution in [0.1, 0.15) is 23.2 Å². The van der Waals surface area contributed by atoms with Crippen LogP contribution in [0.15, 0.2) is 22.7 Å². The molecule has 0 aliphatic heterocycles. The lowest BCUT2D eigenvalue weighted by atomic mass is 10.2. The Morgan fingerprint density at radius 1 is 1.42 bits per heavy atom. The zero-order valence-corrected chi connectivity index (χ0v) is 13.5. The predicted molar refractivity (Wildman–Crippen MR) is 85.0 cm³/mol. The average molecular weight is 351 g/mol. The van der Waals surface area contributed by atoms with Gasteiger partial charge in [0, 0.05) is 5.69 Å². The van der Waals surface area contributed by atoms with E-state index in [9.17, 15) is 9.18 Å². The second-order valence-corrected chi connectivity index (χ2v) is 5.21. The summed E-state index contributed by atoms with van der Waals surface area (Å²) in [6, 6.07) is 4.11. The second kappa shape index (κ2) is 6.40. The maximum Gasteiger partial charge on any atom is 0.361 e. The highest BCUT2D eigenvalue weighted by Crippen LogP contribution is 2.29. The molecule has 0 atom stereocenters. The van der Waals surface area contributed by atoms with Gasteiger partial charge in [0.05, 0.1) is 11.6 Å². The fraction of sp³-hybridized carbons (Fsp3) is 0.200. The minimum absolute atomic E-state index is 0.0393. The molecular weight excluding hydrogens is 339 g/mol. The normalized spacial score (nSPS) is 10.8. The van der Waals surface area contributed by atoms with E-state index < -0.39 is 11.8 Å². The molecule has 0 aliphatic rings. The monoisotopic (exact) mass is 350 g/mol.